The van der Waals surface area contributed by atoms with Crippen molar-refractivity contribution in [2.24, 2.45) is 0 Å². The van der Waals surface area contributed by atoms with Crippen molar-refractivity contribution >= 4 is 17.5 Å². The number of aryl methyl sites for hydroxylation is 1. The smallest absolute Gasteiger partial charge is 0.153 e. The molecular formula is C17H18N6. The Morgan fingerprint density at radius 3 is 2.52 bits per heavy atom. The molecule has 0 bridgehead atoms. The fourth-order valence-corrected chi connectivity index (χ4v) is 3.15. The molecule has 3 aromatic rings. The van der Waals surface area contributed by atoms with Crippen molar-refractivity contribution in [2.75, 3.05) is 11.1 Å². The van der Waals surface area contributed by atoms with Gasteiger partial charge in [0.05, 0.1) is 11.9 Å². The van der Waals surface area contributed by atoms with E-state index in [1.807, 2.05) is 13.0 Å². The zero-order chi connectivity index (χ0) is 15.8. The van der Waals surface area contributed by atoms with Crippen LogP contribution in [-0.4, -0.2) is 20.2 Å². The number of nitrogens with zero attached hydrogens (tertiary/aromatic N) is 3. The van der Waals surface area contributed by atoms with Gasteiger partial charge in [0.25, 0.3) is 0 Å². The molecule has 0 fully saturated rings. The van der Waals surface area contributed by atoms with Gasteiger partial charge >= 0.3 is 0 Å². The van der Waals surface area contributed by atoms with E-state index in [0.717, 1.165) is 24.2 Å². The lowest BCUT2D eigenvalue weighted by Crippen LogP contribution is -2.09. The van der Waals surface area contributed by atoms with E-state index in [0.29, 0.717) is 23.4 Å². The van der Waals surface area contributed by atoms with Crippen molar-refractivity contribution in [3.05, 3.63) is 59.0 Å². The summed E-state index contributed by atoms with van der Waals surface area (Å²) in [6, 6.07) is 10.4. The van der Waals surface area contributed by atoms with Crippen LogP contribution in [0.1, 0.15) is 28.4 Å². The number of hydrogen-bond acceptors (Lipinski definition) is 5. The molecule has 116 valence electrons. The molecule has 0 unspecified atom stereocenters. The van der Waals surface area contributed by atoms with E-state index < -0.39 is 0 Å². The van der Waals surface area contributed by atoms with Gasteiger partial charge in [0.15, 0.2) is 11.6 Å². The first kappa shape index (κ1) is 13.8. The van der Waals surface area contributed by atoms with Crippen LogP contribution in [0.2, 0.25) is 0 Å². The Morgan fingerprint density at radius 2 is 1.91 bits per heavy atom. The quantitative estimate of drug-likeness (QED) is 0.692. The standard InChI is InChI=1S/C17H18N6/c1-10-6-14(23-22-10)20-15-9-19-16(17(18)21-15)13-7-11-4-2-3-5-12(11)8-13/h2-6,9,13H,7-8H2,1H3,(H4,18,20,21,22,23). The molecule has 2 heterocycles. The summed E-state index contributed by atoms with van der Waals surface area (Å²) in [4.78, 5) is 8.99. The van der Waals surface area contributed by atoms with E-state index in [-0.39, 0.29) is 0 Å². The zero-order valence-corrected chi connectivity index (χ0v) is 12.9. The number of H-pyrrole nitrogens is 1. The number of aromatic amines is 1. The van der Waals surface area contributed by atoms with E-state index in [4.69, 9.17) is 5.73 Å². The van der Waals surface area contributed by atoms with Gasteiger partial charge in [-0.1, -0.05) is 24.3 Å². The Labute approximate surface area is 134 Å². The van der Waals surface area contributed by atoms with Crippen molar-refractivity contribution < 1.29 is 0 Å². The molecular weight excluding hydrogens is 288 g/mol. The Hall–Kier alpha value is -2.89. The molecule has 0 aliphatic heterocycles. The van der Waals surface area contributed by atoms with Gasteiger partial charge in [0, 0.05) is 17.7 Å². The summed E-state index contributed by atoms with van der Waals surface area (Å²) in [5.74, 6) is 2.10. The molecule has 0 atom stereocenters. The molecule has 1 aliphatic carbocycles. The van der Waals surface area contributed by atoms with Crippen molar-refractivity contribution in [2.45, 2.75) is 25.7 Å². The number of hydrogen-bond donors (Lipinski definition) is 3. The molecule has 1 aliphatic rings. The third-order valence-corrected chi connectivity index (χ3v) is 4.23. The molecule has 6 heteroatoms. The van der Waals surface area contributed by atoms with Crippen LogP contribution in [0.5, 0.6) is 0 Å². The monoisotopic (exact) mass is 306 g/mol. The normalized spacial score (nSPS) is 14.0. The Morgan fingerprint density at radius 1 is 1.17 bits per heavy atom. The van der Waals surface area contributed by atoms with Gasteiger partial charge in [-0.25, -0.2) is 4.98 Å². The van der Waals surface area contributed by atoms with Crippen LogP contribution in [0.25, 0.3) is 0 Å². The Balaban J connectivity index is 1.55. The van der Waals surface area contributed by atoms with Gasteiger partial charge in [0.1, 0.15) is 5.82 Å². The van der Waals surface area contributed by atoms with Gasteiger partial charge in [-0.3, -0.25) is 10.1 Å². The SMILES string of the molecule is Cc1cc(Nc2cnc(C3Cc4ccccc4C3)c(N)n2)n[nH]1. The molecule has 0 spiro atoms. The summed E-state index contributed by atoms with van der Waals surface area (Å²) >= 11 is 0. The van der Waals surface area contributed by atoms with E-state index >= 15 is 0 Å². The van der Waals surface area contributed by atoms with Crippen LogP contribution >= 0.6 is 0 Å². The molecule has 0 saturated carbocycles. The molecule has 23 heavy (non-hydrogen) atoms. The molecule has 1 aromatic carbocycles. The highest BCUT2D eigenvalue weighted by Crippen LogP contribution is 2.35. The minimum Gasteiger partial charge on any atom is -0.382 e. The zero-order valence-electron chi connectivity index (χ0n) is 12.9. The number of nitrogens with two attached hydrogens (primary N) is 1. The van der Waals surface area contributed by atoms with Crippen molar-refractivity contribution in [1.29, 1.82) is 0 Å². The molecule has 2 aromatic heterocycles. The second-order valence-corrected chi connectivity index (χ2v) is 5.96. The van der Waals surface area contributed by atoms with Gasteiger partial charge in [-0.2, -0.15) is 5.10 Å². The molecule has 6 nitrogen and oxygen atoms in total. The lowest BCUT2D eigenvalue weighted by atomic mass is 10.0. The van der Waals surface area contributed by atoms with Crippen LogP contribution < -0.4 is 11.1 Å². The maximum atomic E-state index is 6.15. The number of fused-ring (bicyclic) bond motifs is 1. The lowest BCUT2D eigenvalue weighted by Gasteiger charge is -2.12. The maximum absolute atomic E-state index is 6.15. The number of nitrogens with one attached hydrogen (secondary N) is 2. The summed E-state index contributed by atoms with van der Waals surface area (Å²) in [6.45, 7) is 1.94. The molecule has 0 radical (unpaired) electrons. The predicted octanol–water partition coefficient (Wildman–Crippen LogP) is 2.72. The van der Waals surface area contributed by atoms with E-state index in [9.17, 15) is 0 Å². The first-order valence-electron chi connectivity index (χ1n) is 7.67. The molecule has 0 amide bonds. The van der Waals surface area contributed by atoms with Gasteiger partial charge < -0.3 is 11.1 Å². The van der Waals surface area contributed by atoms with E-state index in [1.54, 1.807) is 6.20 Å². The summed E-state index contributed by atoms with van der Waals surface area (Å²) in [5, 5.41) is 10.1. The van der Waals surface area contributed by atoms with Crippen molar-refractivity contribution in [3.63, 3.8) is 0 Å². The van der Waals surface area contributed by atoms with E-state index in [2.05, 4.69) is 49.7 Å². The van der Waals surface area contributed by atoms with Crippen LogP contribution in [0.4, 0.5) is 17.5 Å². The first-order chi connectivity index (χ1) is 11.2. The topological polar surface area (TPSA) is 92.5 Å². The molecule has 4 rings (SSSR count). The summed E-state index contributed by atoms with van der Waals surface area (Å²) in [7, 11) is 0. The first-order valence-corrected chi connectivity index (χ1v) is 7.67. The molecule has 0 saturated heterocycles. The number of aromatic nitrogens is 4. The fourth-order valence-electron chi connectivity index (χ4n) is 3.15. The number of anilines is 3. The average Bonchev–Trinajstić information content (AvgIpc) is 3.13. The summed E-state index contributed by atoms with van der Waals surface area (Å²) in [6.07, 6.45) is 3.67. The van der Waals surface area contributed by atoms with Gasteiger partial charge in [-0.05, 0) is 30.9 Å². The largest absolute Gasteiger partial charge is 0.382 e. The predicted molar refractivity (Wildman–Crippen MR) is 89.6 cm³/mol. The van der Waals surface area contributed by atoms with Crippen LogP contribution in [0.15, 0.2) is 36.5 Å². The maximum Gasteiger partial charge on any atom is 0.153 e. The van der Waals surface area contributed by atoms with Gasteiger partial charge in [-0.15, -0.1) is 0 Å². The van der Waals surface area contributed by atoms with Crippen molar-refractivity contribution in [3.8, 4) is 0 Å². The third-order valence-electron chi connectivity index (χ3n) is 4.23. The minimum absolute atomic E-state index is 0.307. The Kier molecular flexibility index (Phi) is 3.22. The minimum atomic E-state index is 0.307. The lowest BCUT2D eigenvalue weighted by molar-refractivity contribution is 0.712. The van der Waals surface area contributed by atoms with Crippen LogP contribution in [0.3, 0.4) is 0 Å². The summed E-state index contributed by atoms with van der Waals surface area (Å²) in [5.41, 5.74) is 10.8. The second-order valence-electron chi connectivity index (χ2n) is 5.96. The van der Waals surface area contributed by atoms with Crippen LogP contribution in [0, 0.1) is 6.92 Å². The number of benzene rings is 1. The highest BCUT2D eigenvalue weighted by atomic mass is 15.2. The number of nitrogen functional groups attached to an aromatic ring is 1. The van der Waals surface area contributed by atoms with Crippen molar-refractivity contribution in [1.82, 2.24) is 20.2 Å². The average molecular weight is 306 g/mol. The highest BCUT2D eigenvalue weighted by molar-refractivity contribution is 5.54. The van der Waals surface area contributed by atoms with Gasteiger partial charge in [0.2, 0.25) is 0 Å². The fraction of sp³-hybridized carbons (Fsp3) is 0.235. The van der Waals surface area contributed by atoms with E-state index in [1.165, 1.54) is 11.1 Å². The Bertz CT molecular complexity index is 829. The third kappa shape index (κ3) is 2.63. The summed E-state index contributed by atoms with van der Waals surface area (Å²) < 4.78 is 0. The molecule has 4 N–H and O–H groups in total. The second kappa shape index (κ2) is 5.39. The van der Waals surface area contributed by atoms with Crippen LogP contribution in [-0.2, 0) is 12.8 Å². The highest BCUT2D eigenvalue weighted by Gasteiger charge is 2.25. The number of rotatable bonds is 3.